The van der Waals surface area contributed by atoms with E-state index in [0.717, 1.165) is 0 Å². The average molecular weight is 627 g/mol. The second kappa shape index (κ2) is 11.0. The fourth-order valence-corrected chi connectivity index (χ4v) is 5.17. The van der Waals surface area contributed by atoms with Gasteiger partial charge < -0.3 is 4.57 Å². The van der Waals surface area contributed by atoms with Gasteiger partial charge in [-0.15, -0.1) is 0 Å². The van der Waals surface area contributed by atoms with Crippen LogP contribution in [-0.2, 0) is 0 Å². The molecule has 0 rings (SSSR count). The number of rotatable bonds is 15. The van der Waals surface area contributed by atoms with Gasteiger partial charge in [0.25, 0.3) is 0 Å². The summed E-state index contributed by atoms with van der Waals surface area (Å²) < 4.78 is 254. The summed E-state index contributed by atoms with van der Waals surface area (Å²) in [5.74, 6) is -65.9. The maximum atomic E-state index is 13.9. The molecular formula is C17H20F19NSi. The Hall–Kier alpha value is -1.15. The molecular weight excluding hydrogens is 607 g/mol. The van der Waals surface area contributed by atoms with Gasteiger partial charge in [0.1, 0.15) is 0 Å². The Morgan fingerprint density at radius 2 is 0.737 bits per heavy atom. The van der Waals surface area contributed by atoms with Crippen LogP contribution in [0, 0.1) is 0 Å². The zero-order chi connectivity index (χ0) is 31.0. The lowest BCUT2D eigenvalue weighted by Gasteiger charge is -2.43. The molecule has 0 saturated carbocycles. The van der Waals surface area contributed by atoms with Crippen LogP contribution in [0.25, 0.3) is 0 Å². The topological polar surface area (TPSA) is 3.24 Å². The van der Waals surface area contributed by atoms with E-state index in [1.54, 1.807) is 13.8 Å². The summed E-state index contributed by atoms with van der Waals surface area (Å²) in [5.41, 5.74) is 0. The zero-order valence-electron chi connectivity index (χ0n) is 19.1. The van der Waals surface area contributed by atoms with Crippen molar-refractivity contribution in [3.05, 3.63) is 0 Å². The lowest BCUT2D eigenvalue weighted by atomic mass is 9.87. The third kappa shape index (κ3) is 5.68. The van der Waals surface area contributed by atoms with Crippen LogP contribution in [0.5, 0.6) is 0 Å². The van der Waals surface area contributed by atoms with Crippen LogP contribution < -0.4 is 0 Å². The first-order valence-electron chi connectivity index (χ1n) is 10.3. The summed E-state index contributed by atoms with van der Waals surface area (Å²) in [6.45, 7) is 3.59. The molecule has 230 valence electrons. The van der Waals surface area contributed by atoms with Crippen molar-refractivity contribution in [2.24, 2.45) is 0 Å². The Balaban J connectivity index is 6.44. The first-order chi connectivity index (χ1) is 16.5. The predicted octanol–water partition coefficient (Wildman–Crippen LogP) is 7.65. The third-order valence-electron chi connectivity index (χ3n) is 5.23. The largest absolute Gasteiger partial charge is 0.460 e. The van der Waals surface area contributed by atoms with Gasteiger partial charge in [-0.25, -0.2) is 0 Å². The smallest absolute Gasteiger partial charge is 0.329 e. The van der Waals surface area contributed by atoms with Gasteiger partial charge in [0.15, 0.2) is 0 Å². The fraction of sp³-hybridized carbons (Fsp3) is 1.00. The summed E-state index contributed by atoms with van der Waals surface area (Å²) in [4.78, 5) is 0. The first kappa shape index (κ1) is 36.8. The second-order valence-corrected chi connectivity index (χ2v) is 10.2. The highest BCUT2D eigenvalue weighted by atomic mass is 28.2. The monoisotopic (exact) mass is 627 g/mol. The van der Waals surface area contributed by atoms with Crippen molar-refractivity contribution in [1.29, 1.82) is 0 Å². The molecule has 21 heteroatoms. The van der Waals surface area contributed by atoms with Crippen molar-refractivity contribution in [3.8, 4) is 0 Å². The SMILES string of the molecule is CCCN(CCC)[SiH2]CCC(F)(F)C(F)(F)C(F)(F)C(F)(F)C(F)(F)C(F)(F)C(F)(F)C(F)(F)C(F)(F)F. The lowest BCUT2D eigenvalue weighted by Crippen LogP contribution is -2.75. The maximum Gasteiger partial charge on any atom is 0.460 e. The van der Waals surface area contributed by atoms with E-state index in [2.05, 4.69) is 0 Å². The Bertz CT molecular complexity index is 770. The Labute approximate surface area is 204 Å². The number of nitrogens with zero attached hydrogens (tertiary/aromatic N) is 1. The van der Waals surface area contributed by atoms with Crippen molar-refractivity contribution >= 4 is 9.68 Å². The highest BCUT2D eigenvalue weighted by molar-refractivity contribution is 6.31. The van der Waals surface area contributed by atoms with E-state index < -0.39 is 75.7 Å². The van der Waals surface area contributed by atoms with Crippen molar-refractivity contribution in [1.82, 2.24) is 4.57 Å². The predicted molar refractivity (Wildman–Crippen MR) is 95.8 cm³/mol. The molecule has 0 radical (unpaired) electrons. The van der Waals surface area contributed by atoms with E-state index in [1.165, 1.54) is 4.57 Å². The molecule has 0 aromatic heterocycles. The average Bonchev–Trinajstić information content (AvgIpc) is 2.72. The van der Waals surface area contributed by atoms with Gasteiger partial charge >= 0.3 is 53.6 Å². The molecule has 38 heavy (non-hydrogen) atoms. The van der Waals surface area contributed by atoms with E-state index >= 15 is 0 Å². The van der Waals surface area contributed by atoms with Crippen LogP contribution in [-0.4, -0.2) is 80.9 Å². The quantitative estimate of drug-likeness (QED) is 0.133. The molecule has 0 aliphatic carbocycles. The van der Waals surface area contributed by atoms with E-state index in [1.807, 2.05) is 0 Å². The minimum atomic E-state index is -8.87. The number of hydrogen-bond donors (Lipinski definition) is 0. The van der Waals surface area contributed by atoms with E-state index in [9.17, 15) is 83.4 Å². The minimum Gasteiger partial charge on any atom is -0.329 e. The number of halogens is 19. The molecule has 0 N–H and O–H groups in total. The summed E-state index contributed by atoms with van der Waals surface area (Å²) in [6.07, 6.45) is -9.50. The Morgan fingerprint density at radius 1 is 0.447 bits per heavy atom. The first-order valence-corrected chi connectivity index (χ1v) is 11.9. The molecule has 0 aliphatic rings. The normalized spacial score (nSPS) is 16.3. The molecule has 0 unspecified atom stereocenters. The second-order valence-electron chi connectivity index (χ2n) is 8.17. The van der Waals surface area contributed by atoms with Gasteiger partial charge in [0.05, 0.1) is 9.68 Å². The van der Waals surface area contributed by atoms with E-state index in [0.29, 0.717) is 12.8 Å². The highest BCUT2D eigenvalue weighted by Gasteiger charge is 2.96. The van der Waals surface area contributed by atoms with Gasteiger partial charge in [-0.3, -0.25) is 0 Å². The molecule has 1 nitrogen and oxygen atoms in total. The molecule has 0 fully saturated rings. The van der Waals surface area contributed by atoms with Crippen molar-refractivity contribution in [3.63, 3.8) is 0 Å². The Morgan fingerprint density at radius 3 is 1.03 bits per heavy atom. The number of alkyl halides is 19. The molecule has 0 spiro atoms. The van der Waals surface area contributed by atoms with Gasteiger partial charge in [-0.2, -0.15) is 83.4 Å². The summed E-state index contributed by atoms with van der Waals surface area (Å²) in [6, 6.07) is -1.06. The standard InChI is InChI=1S/C17H20F19NSi/c1-3-6-37(7-4-2)38-8-5-9(18,19)10(20,21)11(22,23)12(24,25)13(26,27)14(28,29)15(30,31)16(32,33)17(34,35)36/h3-8,38H2,1-2H3. The highest BCUT2D eigenvalue weighted by Crippen LogP contribution is 2.65. The van der Waals surface area contributed by atoms with Crippen LogP contribution >= 0.6 is 0 Å². The summed E-state index contributed by atoms with van der Waals surface area (Å²) in [5, 5.41) is 0. The molecule has 0 bridgehead atoms. The fourth-order valence-electron chi connectivity index (χ4n) is 3.04. The minimum absolute atomic E-state index is 0.203. The third-order valence-corrected chi connectivity index (χ3v) is 7.16. The van der Waals surface area contributed by atoms with Crippen LogP contribution in [0.15, 0.2) is 0 Å². The van der Waals surface area contributed by atoms with E-state index in [4.69, 9.17) is 0 Å². The molecule has 0 aromatic rings. The summed E-state index contributed by atoms with van der Waals surface area (Å²) >= 11 is 0. The van der Waals surface area contributed by atoms with Gasteiger partial charge in [0, 0.05) is 6.42 Å². The lowest BCUT2D eigenvalue weighted by molar-refractivity contribution is -0.468. The van der Waals surface area contributed by atoms with Gasteiger partial charge in [0.2, 0.25) is 0 Å². The van der Waals surface area contributed by atoms with E-state index in [-0.39, 0.29) is 13.1 Å². The molecule has 0 heterocycles. The summed E-state index contributed by atoms with van der Waals surface area (Å²) in [7, 11) is -1.98. The van der Waals surface area contributed by atoms with Crippen LogP contribution in [0.4, 0.5) is 83.4 Å². The van der Waals surface area contributed by atoms with Gasteiger partial charge in [-0.1, -0.05) is 13.8 Å². The molecule has 0 aliphatic heterocycles. The zero-order valence-corrected chi connectivity index (χ0v) is 20.5. The Kier molecular flexibility index (Phi) is 10.7. The molecule has 0 atom stereocenters. The van der Waals surface area contributed by atoms with Crippen molar-refractivity contribution in [2.75, 3.05) is 13.1 Å². The van der Waals surface area contributed by atoms with Crippen LogP contribution in [0.2, 0.25) is 6.04 Å². The van der Waals surface area contributed by atoms with Crippen molar-refractivity contribution < 1.29 is 83.4 Å². The van der Waals surface area contributed by atoms with Crippen LogP contribution in [0.3, 0.4) is 0 Å². The molecule has 0 saturated heterocycles. The molecule has 0 aromatic carbocycles. The number of hydrogen-bond acceptors (Lipinski definition) is 1. The maximum absolute atomic E-state index is 13.9. The molecule has 0 amide bonds. The van der Waals surface area contributed by atoms with Gasteiger partial charge in [-0.05, 0) is 32.0 Å². The van der Waals surface area contributed by atoms with Crippen molar-refractivity contribution in [2.45, 2.75) is 92.7 Å². The van der Waals surface area contributed by atoms with Crippen LogP contribution in [0.1, 0.15) is 33.1 Å².